The number of ether oxygens (including phenoxy) is 1. The van der Waals surface area contributed by atoms with E-state index in [-0.39, 0.29) is 86.4 Å². The highest BCUT2D eigenvalue weighted by Gasteiger charge is 2.78. The highest BCUT2D eigenvalue weighted by molar-refractivity contribution is 6.03. The summed E-state index contributed by atoms with van der Waals surface area (Å²) in [4.78, 5) is 12.5. The zero-order chi connectivity index (χ0) is 61.6. The molecule has 9 aliphatic rings. The molecule has 2 aromatic heterocycles. The first kappa shape index (κ1) is 58.9. The maximum Gasteiger partial charge on any atom is 0.169 e. The molecule has 5 aromatic carbocycles. The summed E-state index contributed by atoms with van der Waals surface area (Å²) in [5, 5.41) is 81.9. The summed E-state index contributed by atoms with van der Waals surface area (Å²) in [6.45, 7) is 3.47. The molecule has 14 unspecified atom stereocenters. The predicted molar refractivity (Wildman–Crippen MR) is 356 cm³/mol. The minimum atomic E-state index is -0.570. The van der Waals surface area contributed by atoms with Gasteiger partial charge in [-0.05, 0) is 218 Å². The topological polar surface area (TPSA) is 211 Å². The van der Waals surface area contributed by atoms with E-state index in [1.165, 1.54) is 103 Å². The minimum absolute atomic E-state index is 0.00117. The van der Waals surface area contributed by atoms with Crippen molar-refractivity contribution in [3.05, 3.63) is 190 Å². The second-order valence-electron chi connectivity index (χ2n) is 29.5. The fourth-order valence-corrected chi connectivity index (χ4v) is 21.7. The number of nitrogens with one attached hydrogen (secondary N) is 5. The number of allylic oxidation sites excluding steroid dienone is 1. The number of hydrogen-bond donors (Lipinski definition) is 11. The van der Waals surface area contributed by atoms with Gasteiger partial charge in [0.05, 0.1) is 17.8 Å². The number of fused-ring (bicyclic) bond motifs is 7. The van der Waals surface area contributed by atoms with Gasteiger partial charge in [0.15, 0.2) is 23.0 Å². The molecule has 7 fully saturated rings. The first-order valence-corrected chi connectivity index (χ1v) is 34.5. The van der Waals surface area contributed by atoms with Crippen molar-refractivity contribution in [2.75, 3.05) is 26.3 Å². The summed E-state index contributed by atoms with van der Waals surface area (Å²) in [6.07, 6.45) is 35.9. The van der Waals surface area contributed by atoms with Crippen LogP contribution >= 0.6 is 0 Å². The third-order valence-electron chi connectivity index (χ3n) is 25.4. The van der Waals surface area contributed by atoms with Gasteiger partial charge in [0.25, 0.3) is 0 Å². The van der Waals surface area contributed by atoms with Crippen molar-refractivity contribution >= 4 is 22.9 Å². The lowest BCUT2D eigenvalue weighted by molar-refractivity contribution is -0.217. The Morgan fingerprint density at radius 3 is 2.38 bits per heavy atom. The number of phenolic OH excluding ortho intramolecular Hbond substituents is 5. The zero-order valence-corrected chi connectivity index (χ0v) is 52.3. The van der Waals surface area contributed by atoms with Crippen LogP contribution in [0.1, 0.15) is 152 Å². The molecule has 16 rings (SSSR count). The van der Waals surface area contributed by atoms with E-state index in [2.05, 4.69) is 112 Å². The Kier molecular flexibility index (Phi) is 15.2. The summed E-state index contributed by atoms with van der Waals surface area (Å²) in [5.74, 6) is 1.01. The van der Waals surface area contributed by atoms with Gasteiger partial charge in [0, 0.05) is 90.5 Å². The summed E-state index contributed by atoms with van der Waals surface area (Å²) in [7, 11) is 0. The van der Waals surface area contributed by atoms with Gasteiger partial charge in [-0.1, -0.05) is 116 Å². The van der Waals surface area contributed by atoms with E-state index < -0.39 is 11.5 Å². The highest BCUT2D eigenvalue weighted by atomic mass is 16.5. The molecule has 6 heterocycles. The van der Waals surface area contributed by atoms with Crippen LogP contribution in [0.2, 0.25) is 0 Å². The molecule has 13 nitrogen and oxygen atoms in total. The van der Waals surface area contributed by atoms with Crippen molar-refractivity contribution in [1.29, 1.82) is 0 Å². The number of nitrogens with zero attached hydrogens (tertiary/aromatic N) is 1. The van der Waals surface area contributed by atoms with Gasteiger partial charge in [-0.15, -0.1) is 0 Å². The summed E-state index contributed by atoms with van der Waals surface area (Å²) < 4.78 is 5.67. The van der Waals surface area contributed by atoms with Crippen LogP contribution in [0.3, 0.4) is 0 Å². The maximum absolute atomic E-state index is 13.2. The lowest BCUT2D eigenvalue weighted by atomic mass is 9.31. The van der Waals surface area contributed by atoms with E-state index >= 15 is 0 Å². The Balaban J connectivity index is 0.764. The van der Waals surface area contributed by atoms with Crippen molar-refractivity contribution in [2.45, 2.75) is 157 Å². The molecule has 474 valence electrons. The molecule has 4 saturated carbocycles. The van der Waals surface area contributed by atoms with Gasteiger partial charge in [-0.2, -0.15) is 0 Å². The molecular weight excluding hydrogens is 1130 g/mol. The van der Waals surface area contributed by atoms with Crippen LogP contribution in [0.25, 0.3) is 22.9 Å². The summed E-state index contributed by atoms with van der Waals surface area (Å²) in [6, 6.07) is 33.1. The summed E-state index contributed by atoms with van der Waals surface area (Å²) >= 11 is 0. The monoisotopic (exact) mass is 1220 g/mol. The van der Waals surface area contributed by atoms with E-state index in [9.17, 15) is 30.6 Å². The number of H-pyrrole nitrogens is 2. The number of aromatic amines is 2. The number of phenols is 5. The molecule has 13 heteroatoms. The largest absolute Gasteiger partial charge is 0.507 e. The molecule has 3 spiro atoms. The Morgan fingerprint density at radius 2 is 1.55 bits per heavy atom. The number of rotatable bonds is 15. The fraction of sp³-hybridized carbons (Fsp3) is 0.474. The maximum atomic E-state index is 13.2. The van der Waals surface area contributed by atoms with Crippen molar-refractivity contribution in [3.63, 3.8) is 0 Å². The first-order chi connectivity index (χ1) is 44.4. The number of aliphatic hydroxyl groups excluding tert-OH is 1. The SMILES string of the molecule is Oc1ccc(C=Cc2c(CCc3ccc(C4CC5(CC6NC(C5)C(c5ccccc5)C=C6CNCCc5c[nH]c(CC6CCOCC6)c5)C5CC6CCCC67CCC68CCCC6C=CC(O)C8C7(c6cnc[nH]6)C5N4)cc3)c(O)c(O)c3c(O)cccc23)cc1O. The van der Waals surface area contributed by atoms with Gasteiger partial charge < -0.3 is 61.3 Å². The number of piperidine rings is 2. The number of aryl methyl sites for hydroxylation is 1. The number of aromatic nitrogens is 3. The van der Waals surface area contributed by atoms with Crippen LogP contribution in [0.15, 0.2) is 140 Å². The number of benzene rings is 5. The second-order valence-corrected chi connectivity index (χ2v) is 29.5. The average Bonchev–Trinajstić information content (AvgIpc) is 1.65. The van der Waals surface area contributed by atoms with Crippen LogP contribution in [-0.2, 0) is 35.8 Å². The number of aromatic hydroxyl groups is 5. The third-order valence-corrected chi connectivity index (χ3v) is 25.4. The fourth-order valence-electron chi connectivity index (χ4n) is 21.7. The molecular formula is C78H90N6O7. The average molecular weight is 1220 g/mol. The highest BCUT2D eigenvalue weighted by Crippen LogP contribution is 2.79. The van der Waals surface area contributed by atoms with Gasteiger partial charge in [0.1, 0.15) is 5.75 Å². The molecule has 0 amide bonds. The number of imidazole rings is 1. The molecule has 2 bridgehead atoms. The first-order valence-electron chi connectivity index (χ1n) is 34.5. The normalized spacial score (nSPS) is 33.4. The Morgan fingerprint density at radius 1 is 0.703 bits per heavy atom. The van der Waals surface area contributed by atoms with E-state index in [0.717, 1.165) is 83.2 Å². The summed E-state index contributed by atoms with van der Waals surface area (Å²) in [5.41, 5.74) is 10.5. The number of hydrogen-bond acceptors (Lipinski definition) is 11. The van der Waals surface area contributed by atoms with Crippen molar-refractivity contribution in [3.8, 4) is 28.7 Å². The van der Waals surface area contributed by atoms with E-state index in [1.807, 2.05) is 18.5 Å². The predicted octanol–water partition coefficient (Wildman–Crippen LogP) is 13.3. The van der Waals surface area contributed by atoms with Gasteiger partial charge in [-0.3, -0.25) is 0 Å². The lowest BCUT2D eigenvalue weighted by Gasteiger charge is -2.75. The van der Waals surface area contributed by atoms with Crippen LogP contribution in [-0.4, -0.2) is 96.1 Å². The van der Waals surface area contributed by atoms with Crippen LogP contribution in [0.4, 0.5) is 0 Å². The van der Waals surface area contributed by atoms with E-state index in [1.54, 1.807) is 18.2 Å². The van der Waals surface area contributed by atoms with Gasteiger partial charge in [0.2, 0.25) is 0 Å². The smallest absolute Gasteiger partial charge is 0.169 e. The molecule has 0 radical (unpaired) electrons. The standard InChI is InChI=1S/C78H90N6O7/c85-65-23-17-48(37-68(65)88)16-21-57-58-11-4-12-66(86)70(58)72(90)71(89)59(57)22-15-47-13-18-52(19-14-47)62-40-75(61-39-55-10-6-29-77(55)31-30-76-28-5-9-54(76)20-24-67(87)73(76)78(77,74(61)84-62)69-45-80-46-82-69)41-63-53(38-60(64(42-75)83-63)51-7-2-1-3-8-51)44-79-32-25-50-36-56(81-43-50)35-49-26-33-91-34-27-49/h1-4,7-8,11-14,16-21,23-24,36-38,43,45-46,49,54-55,60-64,67,73-74,79,81,83-90H,5-6,9-10,15,22,25-35,39-42,44H2,(H,80,82). The second kappa shape index (κ2) is 23.5. The molecule has 7 aromatic rings. The molecule has 91 heavy (non-hydrogen) atoms. The van der Waals surface area contributed by atoms with Crippen molar-refractivity contribution < 1.29 is 35.4 Å². The Bertz CT molecular complexity index is 3910. The minimum Gasteiger partial charge on any atom is -0.507 e. The van der Waals surface area contributed by atoms with Crippen LogP contribution in [0.5, 0.6) is 28.7 Å². The quantitative estimate of drug-likeness (QED) is 0.0201. The Hall–Kier alpha value is -7.13. The zero-order valence-electron chi connectivity index (χ0n) is 52.3. The number of aliphatic hydroxyl groups is 1. The van der Waals surface area contributed by atoms with Crippen LogP contribution < -0.4 is 16.0 Å². The molecule has 4 aliphatic heterocycles. The van der Waals surface area contributed by atoms with E-state index in [4.69, 9.17) is 15.0 Å². The van der Waals surface area contributed by atoms with Crippen molar-refractivity contribution in [1.82, 2.24) is 30.9 Å². The lowest BCUT2D eigenvalue weighted by Crippen LogP contribution is -2.78. The van der Waals surface area contributed by atoms with E-state index in [0.29, 0.717) is 58.6 Å². The Labute approximate surface area is 534 Å². The molecule has 11 N–H and O–H groups in total. The molecule has 5 aliphatic carbocycles. The molecule has 14 atom stereocenters. The van der Waals surface area contributed by atoms with Gasteiger partial charge >= 0.3 is 0 Å². The third kappa shape index (κ3) is 9.82. The van der Waals surface area contributed by atoms with Crippen LogP contribution in [0, 0.1) is 45.8 Å². The van der Waals surface area contributed by atoms with Gasteiger partial charge in [-0.25, -0.2) is 4.98 Å². The molecule has 3 saturated heterocycles. The van der Waals surface area contributed by atoms with Crippen molar-refractivity contribution in [2.24, 2.45) is 45.8 Å².